The number of aldehydes is 1. The first-order valence-corrected chi connectivity index (χ1v) is 7.51. The van der Waals surface area contributed by atoms with Crippen LogP contribution in [-0.2, 0) is 16.1 Å². The molecule has 0 saturated carbocycles. The molecule has 2 heterocycles. The van der Waals surface area contributed by atoms with Crippen molar-refractivity contribution >= 4 is 23.5 Å². The highest BCUT2D eigenvalue weighted by molar-refractivity contribution is 7.09. The van der Waals surface area contributed by atoms with Crippen LogP contribution in [0.2, 0.25) is 0 Å². The predicted octanol–water partition coefficient (Wildman–Crippen LogP) is 1.62. The monoisotopic (exact) mass is 280 g/mol. The molecule has 0 bridgehead atoms. The van der Waals surface area contributed by atoms with E-state index < -0.39 is 0 Å². The second kappa shape index (κ2) is 6.82. The molecule has 1 aliphatic rings. The fraction of sp³-hybridized carbons (Fsp3) is 0.571. The van der Waals surface area contributed by atoms with Gasteiger partial charge in [0.1, 0.15) is 6.29 Å². The molecule has 0 aromatic carbocycles. The molecule has 1 aromatic heterocycles. The number of likely N-dealkylation sites (tertiary alicyclic amines) is 1. The van der Waals surface area contributed by atoms with Crippen LogP contribution >= 0.6 is 11.3 Å². The van der Waals surface area contributed by atoms with Crippen LogP contribution in [0.5, 0.6) is 0 Å². The minimum atomic E-state index is 0.101. The maximum absolute atomic E-state index is 12.1. The Balaban J connectivity index is 1.81. The summed E-state index contributed by atoms with van der Waals surface area (Å²) < 4.78 is 0. The number of amides is 1. The second-order valence-corrected chi connectivity index (χ2v) is 6.13. The van der Waals surface area contributed by atoms with E-state index in [9.17, 15) is 9.59 Å². The van der Waals surface area contributed by atoms with E-state index in [4.69, 9.17) is 0 Å². The molecule has 4 nitrogen and oxygen atoms in total. The van der Waals surface area contributed by atoms with Gasteiger partial charge in [-0.1, -0.05) is 6.07 Å². The normalized spacial score (nSPS) is 20.2. The Bertz CT molecular complexity index is 419. The Hall–Kier alpha value is -1.20. The molecule has 1 unspecified atom stereocenters. The molecule has 0 spiro atoms. The Labute approximate surface area is 118 Å². The third-order valence-electron chi connectivity index (χ3n) is 3.49. The highest BCUT2D eigenvalue weighted by Gasteiger charge is 2.22. The van der Waals surface area contributed by atoms with Crippen molar-refractivity contribution in [2.45, 2.75) is 19.4 Å². The fourth-order valence-electron chi connectivity index (χ4n) is 2.38. The van der Waals surface area contributed by atoms with Crippen molar-refractivity contribution in [1.82, 2.24) is 9.80 Å². The van der Waals surface area contributed by atoms with Gasteiger partial charge in [-0.2, -0.15) is 0 Å². The van der Waals surface area contributed by atoms with Crippen molar-refractivity contribution in [2.24, 2.45) is 5.92 Å². The van der Waals surface area contributed by atoms with Crippen LogP contribution in [0.15, 0.2) is 17.5 Å². The van der Waals surface area contributed by atoms with E-state index in [0.717, 1.165) is 32.2 Å². The minimum absolute atomic E-state index is 0.101. The molecule has 104 valence electrons. The van der Waals surface area contributed by atoms with Gasteiger partial charge in [0.05, 0.1) is 13.1 Å². The van der Waals surface area contributed by atoms with Crippen molar-refractivity contribution in [1.29, 1.82) is 0 Å². The number of likely N-dealkylation sites (N-methyl/N-ethyl adjacent to an activating group) is 1. The molecular weight excluding hydrogens is 260 g/mol. The summed E-state index contributed by atoms with van der Waals surface area (Å²) >= 11 is 1.66. The highest BCUT2D eigenvalue weighted by atomic mass is 32.1. The third-order valence-corrected chi connectivity index (χ3v) is 4.35. The number of piperidine rings is 1. The summed E-state index contributed by atoms with van der Waals surface area (Å²) in [6.45, 7) is 2.73. The lowest BCUT2D eigenvalue weighted by atomic mass is 10.00. The second-order valence-electron chi connectivity index (χ2n) is 5.10. The van der Waals surface area contributed by atoms with Gasteiger partial charge in [-0.25, -0.2) is 0 Å². The van der Waals surface area contributed by atoms with E-state index in [1.807, 2.05) is 24.6 Å². The first-order valence-electron chi connectivity index (χ1n) is 6.63. The zero-order chi connectivity index (χ0) is 13.7. The largest absolute Gasteiger partial charge is 0.340 e. The maximum atomic E-state index is 12.1. The first kappa shape index (κ1) is 14.2. The molecule has 19 heavy (non-hydrogen) atoms. The van der Waals surface area contributed by atoms with Crippen LogP contribution in [0, 0.1) is 5.92 Å². The van der Waals surface area contributed by atoms with Gasteiger partial charge in [-0.05, 0) is 30.8 Å². The molecular formula is C14H20N2O2S. The smallest absolute Gasteiger partial charge is 0.236 e. The molecule has 1 atom stereocenters. The van der Waals surface area contributed by atoms with Crippen molar-refractivity contribution in [3.63, 3.8) is 0 Å². The SMILES string of the molecule is CN(Cc1cccs1)C(=O)CN1CCCC(C=O)C1. The van der Waals surface area contributed by atoms with Crippen LogP contribution in [-0.4, -0.2) is 48.7 Å². The number of carbonyl (C=O) groups is 2. The fourth-order valence-corrected chi connectivity index (χ4v) is 3.14. The van der Waals surface area contributed by atoms with Gasteiger partial charge in [0.25, 0.3) is 0 Å². The summed E-state index contributed by atoms with van der Waals surface area (Å²) in [7, 11) is 1.84. The molecule has 2 rings (SSSR count). The Kier molecular flexibility index (Phi) is 5.10. The van der Waals surface area contributed by atoms with E-state index in [2.05, 4.69) is 4.90 Å². The van der Waals surface area contributed by atoms with E-state index in [0.29, 0.717) is 13.1 Å². The Morgan fingerprint density at radius 2 is 2.47 bits per heavy atom. The molecule has 1 fully saturated rings. The number of hydrogen-bond donors (Lipinski definition) is 0. The van der Waals surface area contributed by atoms with Gasteiger partial charge in [0, 0.05) is 24.4 Å². The lowest BCUT2D eigenvalue weighted by molar-refractivity contribution is -0.132. The van der Waals surface area contributed by atoms with E-state index in [1.165, 1.54) is 4.88 Å². The standard InChI is InChI=1S/C14H20N2O2S/c1-15(9-13-5-3-7-19-13)14(18)10-16-6-2-4-12(8-16)11-17/h3,5,7,11-12H,2,4,6,8-10H2,1H3. The molecule has 1 saturated heterocycles. The summed E-state index contributed by atoms with van der Waals surface area (Å²) in [6.07, 6.45) is 2.98. The molecule has 1 aromatic rings. The molecule has 0 radical (unpaired) electrons. The maximum Gasteiger partial charge on any atom is 0.236 e. The number of nitrogens with zero attached hydrogens (tertiary/aromatic N) is 2. The predicted molar refractivity (Wildman–Crippen MR) is 76.0 cm³/mol. The first-order chi connectivity index (χ1) is 9.19. The van der Waals surface area contributed by atoms with Gasteiger partial charge in [0.15, 0.2) is 0 Å². The summed E-state index contributed by atoms with van der Waals surface area (Å²) in [4.78, 5) is 28.0. The van der Waals surface area contributed by atoms with Gasteiger partial charge in [-0.3, -0.25) is 9.69 Å². The highest BCUT2D eigenvalue weighted by Crippen LogP contribution is 2.15. The van der Waals surface area contributed by atoms with Crippen LogP contribution in [0.25, 0.3) is 0 Å². The Morgan fingerprint density at radius 1 is 1.63 bits per heavy atom. The molecule has 1 aliphatic heterocycles. The van der Waals surface area contributed by atoms with E-state index in [1.54, 1.807) is 16.2 Å². The van der Waals surface area contributed by atoms with E-state index >= 15 is 0 Å². The van der Waals surface area contributed by atoms with Crippen LogP contribution in [0.4, 0.5) is 0 Å². The summed E-state index contributed by atoms with van der Waals surface area (Å²) in [6, 6.07) is 4.04. The average molecular weight is 280 g/mol. The van der Waals surface area contributed by atoms with Crippen molar-refractivity contribution in [2.75, 3.05) is 26.7 Å². The summed E-state index contributed by atoms with van der Waals surface area (Å²) in [5.74, 6) is 0.226. The summed E-state index contributed by atoms with van der Waals surface area (Å²) in [5, 5.41) is 2.02. The average Bonchev–Trinajstić information content (AvgIpc) is 2.91. The number of thiophene rings is 1. The van der Waals surface area contributed by atoms with E-state index in [-0.39, 0.29) is 11.8 Å². The van der Waals surface area contributed by atoms with Crippen molar-refractivity contribution in [3.05, 3.63) is 22.4 Å². The minimum Gasteiger partial charge on any atom is -0.340 e. The third kappa shape index (κ3) is 4.14. The van der Waals surface area contributed by atoms with Crippen molar-refractivity contribution in [3.8, 4) is 0 Å². The zero-order valence-electron chi connectivity index (χ0n) is 11.2. The van der Waals surface area contributed by atoms with Gasteiger partial charge >= 0.3 is 0 Å². The van der Waals surface area contributed by atoms with Crippen molar-refractivity contribution < 1.29 is 9.59 Å². The lowest BCUT2D eigenvalue weighted by Gasteiger charge is -2.30. The van der Waals surface area contributed by atoms with Crippen LogP contribution in [0.1, 0.15) is 17.7 Å². The van der Waals surface area contributed by atoms with Gasteiger partial charge in [0.2, 0.25) is 5.91 Å². The quantitative estimate of drug-likeness (QED) is 0.770. The molecule has 5 heteroatoms. The topological polar surface area (TPSA) is 40.6 Å². The van der Waals surface area contributed by atoms with Crippen LogP contribution in [0.3, 0.4) is 0 Å². The Morgan fingerprint density at radius 3 is 3.16 bits per heavy atom. The van der Waals surface area contributed by atoms with Gasteiger partial charge in [-0.15, -0.1) is 11.3 Å². The molecule has 0 aliphatic carbocycles. The summed E-state index contributed by atoms with van der Waals surface area (Å²) in [5.41, 5.74) is 0. The molecule has 0 N–H and O–H groups in total. The number of rotatable bonds is 5. The number of carbonyl (C=O) groups excluding carboxylic acids is 2. The van der Waals surface area contributed by atoms with Gasteiger partial charge < -0.3 is 9.69 Å². The number of hydrogen-bond acceptors (Lipinski definition) is 4. The van der Waals surface area contributed by atoms with Crippen LogP contribution < -0.4 is 0 Å². The zero-order valence-corrected chi connectivity index (χ0v) is 12.1. The lowest BCUT2D eigenvalue weighted by Crippen LogP contribution is -2.43. The molecule has 1 amide bonds.